The number of alkyl halides is 3. The first-order chi connectivity index (χ1) is 8.22. The molecule has 0 N–H and O–H groups in total. The average Bonchev–Trinajstić information content (AvgIpc) is 2.75. The third kappa shape index (κ3) is 2.63. The highest BCUT2D eigenvalue weighted by atomic mass is 35.5. The molecule has 0 unspecified atom stereocenters. The molecule has 0 aliphatic carbocycles. The van der Waals surface area contributed by atoms with Crippen molar-refractivity contribution >= 4 is 22.9 Å². The van der Waals surface area contributed by atoms with E-state index in [1.165, 1.54) is 11.1 Å². The lowest BCUT2D eigenvalue weighted by Crippen LogP contribution is -2.31. The van der Waals surface area contributed by atoms with E-state index in [-0.39, 0.29) is 12.4 Å². The van der Waals surface area contributed by atoms with Crippen LogP contribution in [0.25, 0.3) is 5.52 Å². The monoisotopic (exact) mass is 260 g/mol. The van der Waals surface area contributed by atoms with Crippen LogP contribution in [0, 0.1) is 0 Å². The number of hydrogen-bond donors (Lipinski definition) is 0. The molecule has 2 rings (SSSR count). The maximum atomic E-state index is 12.5. The summed E-state index contributed by atoms with van der Waals surface area (Å²) >= 11 is 5.62. The van der Waals surface area contributed by atoms with Gasteiger partial charge in [0.2, 0.25) is 0 Å². The Bertz CT molecular complexity index is 488. The van der Waals surface area contributed by atoms with Gasteiger partial charge in [-0.15, -0.1) is 11.6 Å². The summed E-state index contributed by atoms with van der Waals surface area (Å²) in [5, 5.41) is 4.03. The van der Waals surface area contributed by atoms with Crippen molar-refractivity contribution in [3.63, 3.8) is 0 Å². The lowest BCUT2D eigenvalue weighted by molar-refractivity contribution is 0.155. The van der Waals surface area contributed by atoms with Crippen molar-refractivity contribution in [3.05, 3.63) is 24.7 Å². The minimum absolute atomic E-state index is 0.267. The van der Waals surface area contributed by atoms with Crippen molar-refractivity contribution in [2.45, 2.75) is 6.43 Å². The van der Waals surface area contributed by atoms with Crippen LogP contribution < -0.4 is 4.90 Å². The highest BCUT2D eigenvalue weighted by Crippen LogP contribution is 2.18. The maximum absolute atomic E-state index is 12.5. The molecule has 0 spiro atoms. The zero-order valence-electron chi connectivity index (χ0n) is 8.93. The quantitative estimate of drug-likeness (QED) is 0.772. The topological polar surface area (TPSA) is 33.4 Å². The lowest BCUT2D eigenvalue weighted by Gasteiger charge is -2.22. The van der Waals surface area contributed by atoms with E-state index in [9.17, 15) is 8.78 Å². The molecule has 2 aromatic heterocycles. The predicted octanol–water partition coefficient (Wildman–Crippen LogP) is 2.04. The number of nitrogens with zero attached hydrogens (tertiary/aromatic N) is 4. The fourth-order valence-corrected chi connectivity index (χ4v) is 1.84. The Morgan fingerprint density at radius 3 is 2.94 bits per heavy atom. The van der Waals surface area contributed by atoms with Crippen LogP contribution in [0.3, 0.4) is 0 Å². The summed E-state index contributed by atoms with van der Waals surface area (Å²) in [4.78, 5) is 5.59. The van der Waals surface area contributed by atoms with Crippen LogP contribution in [-0.2, 0) is 0 Å². The van der Waals surface area contributed by atoms with E-state index in [4.69, 9.17) is 11.6 Å². The second kappa shape index (κ2) is 5.27. The number of hydrogen-bond acceptors (Lipinski definition) is 3. The van der Waals surface area contributed by atoms with Crippen molar-refractivity contribution in [2.24, 2.45) is 0 Å². The van der Waals surface area contributed by atoms with Gasteiger partial charge in [-0.1, -0.05) is 0 Å². The van der Waals surface area contributed by atoms with Gasteiger partial charge in [0.25, 0.3) is 6.43 Å². The molecule has 0 saturated heterocycles. The maximum Gasteiger partial charge on any atom is 0.255 e. The number of fused-ring (bicyclic) bond motifs is 1. The summed E-state index contributed by atoms with van der Waals surface area (Å²) in [7, 11) is 0. The van der Waals surface area contributed by atoms with Crippen LogP contribution in [0.15, 0.2) is 24.7 Å². The predicted molar refractivity (Wildman–Crippen MR) is 61.9 cm³/mol. The largest absolute Gasteiger partial charge is 0.348 e. The number of halogens is 3. The molecule has 2 heterocycles. The average molecular weight is 261 g/mol. The van der Waals surface area contributed by atoms with Gasteiger partial charge in [-0.05, 0) is 6.07 Å². The smallest absolute Gasteiger partial charge is 0.255 e. The van der Waals surface area contributed by atoms with Crippen LogP contribution in [-0.4, -0.2) is 40.0 Å². The number of aromatic nitrogens is 3. The van der Waals surface area contributed by atoms with Crippen LogP contribution in [0.5, 0.6) is 0 Å². The fraction of sp³-hybridized carbons (Fsp3) is 0.400. The SMILES string of the molecule is FC(F)CN(CCCl)c1nccn2nccc12. The highest BCUT2D eigenvalue weighted by Gasteiger charge is 2.16. The van der Waals surface area contributed by atoms with Crippen molar-refractivity contribution in [3.8, 4) is 0 Å². The molecular weight excluding hydrogens is 250 g/mol. The van der Waals surface area contributed by atoms with Gasteiger partial charge in [-0.3, -0.25) is 0 Å². The van der Waals surface area contributed by atoms with Gasteiger partial charge >= 0.3 is 0 Å². The van der Waals surface area contributed by atoms with Gasteiger partial charge in [0.1, 0.15) is 5.52 Å². The van der Waals surface area contributed by atoms with Gasteiger partial charge in [0.05, 0.1) is 12.7 Å². The molecule has 0 aliphatic heterocycles. The lowest BCUT2D eigenvalue weighted by atomic mass is 10.4. The minimum Gasteiger partial charge on any atom is -0.348 e. The first-order valence-corrected chi connectivity index (χ1v) is 5.63. The van der Waals surface area contributed by atoms with Crippen LogP contribution in [0.2, 0.25) is 0 Å². The van der Waals surface area contributed by atoms with Crippen molar-refractivity contribution in [1.82, 2.24) is 14.6 Å². The van der Waals surface area contributed by atoms with Crippen LogP contribution in [0.1, 0.15) is 0 Å². The summed E-state index contributed by atoms with van der Waals surface area (Å²) in [6, 6.07) is 1.73. The Kier molecular flexibility index (Phi) is 3.73. The summed E-state index contributed by atoms with van der Waals surface area (Å²) in [6.07, 6.45) is 2.37. The van der Waals surface area contributed by atoms with Crippen molar-refractivity contribution < 1.29 is 8.78 Å². The van der Waals surface area contributed by atoms with E-state index in [0.717, 1.165) is 0 Å². The minimum atomic E-state index is -2.43. The van der Waals surface area contributed by atoms with E-state index < -0.39 is 6.43 Å². The third-order valence-electron chi connectivity index (χ3n) is 2.32. The Balaban J connectivity index is 2.36. The van der Waals surface area contributed by atoms with E-state index in [2.05, 4.69) is 10.1 Å². The molecule has 4 nitrogen and oxygen atoms in total. The molecule has 0 fully saturated rings. The Morgan fingerprint density at radius 2 is 2.24 bits per heavy atom. The van der Waals surface area contributed by atoms with E-state index >= 15 is 0 Å². The van der Waals surface area contributed by atoms with Gasteiger partial charge in [0, 0.05) is 24.8 Å². The van der Waals surface area contributed by atoms with Gasteiger partial charge < -0.3 is 4.90 Å². The summed E-state index contributed by atoms with van der Waals surface area (Å²) < 4.78 is 26.6. The molecular formula is C10H11ClF2N4. The third-order valence-corrected chi connectivity index (χ3v) is 2.49. The number of rotatable bonds is 5. The van der Waals surface area contributed by atoms with Crippen molar-refractivity contribution in [1.29, 1.82) is 0 Å². The Labute approximate surface area is 102 Å². The number of anilines is 1. The summed E-state index contributed by atoms with van der Waals surface area (Å²) in [5.74, 6) is 0.745. The molecule has 0 atom stereocenters. The Hall–Kier alpha value is -1.43. The first-order valence-electron chi connectivity index (χ1n) is 5.10. The summed E-state index contributed by atoms with van der Waals surface area (Å²) in [6.45, 7) is -0.0612. The molecule has 0 aliphatic rings. The van der Waals surface area contributed by atoms with Crippen LogP contribution in [0.4, 0.5) is 14.6 Å². The normalized spacial score (nSPS) is 11.3. The molecule has 17 heavy (non-hydrogen) atoms. The molecule has 7 heteroatoms. The molecule has 0 radical (unpaired) electrons. The van der Waals surface area contributed by atoms with E-state index in [1.807, 2.05) is 0 Å². The Morgan fingerprint density at radius 1 is 1.41 bits per heavy atom. The molecule has 0 amide bonds. The zero-order chi connectivity index (χ0) is 12.3. The van der Waals surface area contributed by atoms with Crippen LogP contribution >= 0.6 is 11.6 Å². The van der Waals surface area contributed by atoms with E-state index in [1.54, 1.807) is 23.0 Å². The zero-order valence-corrected chi connectivity index (χ0v) is 9.69. The van der Waals surface area contributed by atoms with Gasteiger partial charge in [-0.2, -0.15) is 5.10 Å². The highest BCUT2D eigenvalue weighted by molar-refractivity contribution is 6.18. The summed E-state index contributed by atoms with van der Waals surface area (Å²) in [5.41, 5.74) is 0.693. The second-order valence-electron chi connectivity index (χ2n) is 3.44. The molecule has 92 valence electrons. The first kappa shape index (κ1) is 12.0. The molecule has 0 bridgehead atoms. The van der Waals surface area contributed by atoms with E-state index in [0.29, 0.717) is 17.9 Å². The van der Waals surface area contributed by atoms with Gasteiger partial charge in [0.15, 0.2) is 5.82 Å². The molecule has 0 aromatic carbocycles. The second-order valence-corrected chi connectivity index (χ2v) is 3.82. The van der Waals surface area contributed by atoms with Crippen molar-refractivity contribution in [2.75, 3.05) is 23.9 Å². The molecule has 2 aromatic rings. The van der Waals surface area contributed by atoms with Gasteiger partial charge in [-0.25, -0.2) is 18.3 Å². The molecule has 0 saturated carbocycles. The fourth-order valence-electron chi connectivity index (χ4n) is 1.64. The standard InChI is InChI=1S/C10H11ClF2N4/c11-2-5-16(7-9(12)13)10-8-1-3-15-17(8)6-4-14-10/h1,3-4,6,9H,2,5,7H2.